The van der Waals surface area contributed by atoms with Gasteiger partial charge in [0.25, 0.3) is 0 Å². The molecule has 0 fully saturated rings. The van der Waals surface area contributed by atoms with Gasteiger partial charge in [0, 0.05) is 6.04 Å². The van der Waals surface area contributed by atoms with Gasteiger partial charge in [-0.05, 0) is 26.7 Å². The molecular weight excluding hydrogens is 262 g/mol. The summed E-state index contributed by atoms with van der Waals surface area (Å²) in [7, 11) is 0. The van der Waals surface area contributed by atoms with Crippen molar-refractivity contribution in [2.24, 2.45) is 11.7 Å². The van der Waals surface area contributed by atoms with Crippen molar-refractivity contribution in [3.05, 3.63) is 0 Å². The maximum atomic E-state index is 12.4. The number of carbonyl (C=O) groups is 3. The Morgan fingerprint density at radius 2 is 1.75 bits per heavy atom. The molecule has 0 aromatic carbocycles. The summed E-state index contributed by atoms with van der Waals surface area (Å²) in [5.41, 5.74) is 5.08. The van der Waals surface area contributed by atoms with Gasteiger partial charge in [-0.25, -0.2) is 4.79 Å². The largest absolute Gasteiger partial charge is 0.465 e. The van der Waals surface area contributed by atoms with E-state index in [1.54, 1.807) is 34.6 Å². The zero-order valence-electron chi connectivity index (χ0n) is 12.8. The van der Waals surface area contributed by atoms with Gasteiger partial charge in [0.15, 0.2) is 0 Å². The summed E-state index contributed by atoms with van der Waals surface area (Å²) in [4.78, 5) is 36.4. The molecule has 0 aromatic heterocycles. The molecule has 7 nitrogen and oxygen atoms in total. The van der Waals surface area contributed by atoms with Crippen LogP contribution in [0.25, 0.3) is 0 Å². The van der Waals surface area contributed by atoms with Crippen molar-refractivity contribution >= 4 is 17.9 Å². The second-order valence-corrected chi connectivity index (χ2v) is 5.10. The minimum absolute atomic E-state index is 0.140. The molecule has 116 valence electrons. The first-order chi connectivity index (χ1) is 9.20. The van der Waals surface area contributed by atoms with Crippen LogP contribution in [0.5, 0.6) is 0 Å². The average molecular weight is 287 g/mol. The minimum Gasteiger partial charge on any atom is -0.465 e. The fourth-order valence-corrected chi connectivity index (χ4v) is 1.71. The van der Waals surface area contributed by atoms with E-state index in [1.807, 2.05) is 0 Å². The summed E-state index contributed by atoms with van der Waals surface area (Å²) in [5.74, 6) is -0.962. The standard InChI is InChI=1S/C13H25N3O4/c1-6-20-10(17)7-16(9(4)5)12(18)11(8(2)3)15-13(14)19/h8-9,11H,6-7H2,1-5H3,(H3,14,15,19). The van der Waals surface area contributed by atoms with Crippen LogP contribution < -0.4 is 11.1 Å². The number of nitrogens with one attached hydrogen (secondary N) is 1. The fraction of sp³-hybridized carbons (Fsp3) is 0.769. The maximum Gasteiger partial charge on any atom is 0.325 e. The van der Waals surface area contributed by atoms with Gasteiger partial charge in [0.05, 0.1) is 6.61 Å². The molecule has 0 aliphatic rings. The van der Waals surface area contributed by atoms with E-state index >= 15 is 0 Å². The number of nitrogens with zero attached hydrogens (tertiary/aromatic N) is 1. The predicted molar refractivity (Wildman–Crippen MR) is 74.8 cm³/mol. The summed E-state index contributed by atoms with van der Waals surface area (Å²) in [6.07, 6.45) is 0. The SMILES string of the molecule is CCOC(=O)CN(C(=O)C(NC(N)=O)C(C)C)C(C)C. The van der Waals surface area contributed by atoms with Crippen LogP contribution in [0.2, 0.25) is 0 Å². The van der Waals surface area contributed by atoms with Crippen LogP contribution in [0.1, 0.15) is 34.6 Å². The lowest BCUT2D eigenvalue weighted by Crippen LogP contribution is -2.55. The molecule has 0 heterocycles. The molecule has 1 unspecified atom stereocenters. The summed E-state index contributed by atoms with van der Waals surface area (Å²) in [6.45, 7) is 8.98. The van der Waals surface area contributed by atoms with E-state index in [1.165, 1.54) is 4.90 Å². The van der Waals surface area contributed by atoms with E-state index in [0.717, 1.165) is 0 Å². The minimum atomic E-state index is -0.767. The lowest BCUT2D eigenvalue weighted by Gasteiger charge is -2.31. The summed E-state index contributed by atoms with van der Waals surface area (Å²) in [6, 6.07) is -1.72. The van der Waals surface area contributed by atoms with E-state index in [4.69, 9.17) is 10.5 Å². The summed E-state index contributed by atoms with van der Waals surface area (Å²) < 4.78 is 4.85. The molecule has 3 N–H and O–H groups in total. The molecule has 0 radical (unpaired) electrons. The van der Waals surface area contributed by atoms with Crippen LogP contribution in [-0.2, 0) is 14.3 Å². The molecule has 0 saturated carbocycles. The number of amides is 3. The Kier molecular flexibility index (Phi) is 7.64. The molecule has 0 rings (SSSR count). The van der Waals surface area contributed by atoms with Crippen LogP contribution in [0.4, 0.5) is 4.79 Å². The van der Waals surface area contributed by atoms with E-state index in [2.05, 4.69) is 5.32 Å². The molecule has 20 heavy (non-hydrogen) atoms. The number of esters is 1. The number of ether oxygens (including phenoxy) is 1. The molecule has 1 atom stereocenters. The molecule has 0 saturated heterocycles. The lowest BCUT2D eigenvalue weighted by atomic mass is 10.0. The van der Waals surface area contributed by atoms with E-state index in [-0.39, 0.29) is 31.0 Å². The molecule has 3 amide bonds. The molecule has 0 spiro atoms. The second kappa shape index (κ2) is 8.39. The van der Waals surface area contributed by atoms with E-state index in [9.17, 15) is 14.4 Å². The number of carbonyl (C=O) groups excluding carboxylic acids is 3. The van der Waals surface area contributed by atoms with Crippen molar-refractivity contribution in [3.63, 3.8) is 0 Å². The number of rotatable bonds is 7. The van der Waals surface area contributed by atoms with Crippen molar-refractivity contribution in [1.29, 1.82) is 0 Å². The van der Waals surface area contributed by atoms with Gasteiger partial charge in [-0.1, -0.05) is 13.8 Å². The maximum absolute atomic E-state index is 12.4. The van der Waals surface area contributed by atoms with Crippen LogP contribution in [-0.4, -0.2) is 48.0 Å². The van der Waals surface area contributed by atoms with Gasteiger partial charge in [0.2, 0.25) is 5.91 Å². The number of nitrogens with two attached hydrogens (primary N) is 1. The molecule has 0 bridgehead atoms. The van der Waals surface area contributed by atoms with Crippen LogP contribution in [0.15, 0.2) is 0 Å². The lowest BCUT2D eigenvalue weighted by molar-refractivity contribution is -0.151. The van der Waals surface area contributed by atoms with Gasteiger partial charge in [-0.3, -0.25) is 9.59 Å². The Morgan fingerprint density at radius 1 is 1.20 bits per heavy atom. The van der Waals surface area contributed by atoms with Gasteiger partial charge in [0.1, 0.15) is 12.6 Å². The number of urea groups is 1. The normalized spacial score (nSPS) is 12.2. The monoisotopic (exact) mass is 287 g/mol. The Morgan fingerprint density at radius 3 is 2.10 bits per heavy atom. The third kappa shape index (κ3) is 5.90. The van der Waals surface area contributed by atoms with E-state index in [0.29, 0.717) is 0 Å². The van der Waals surface area contributed by atoms with Crippen LogP contribution >= 0.6 is 0 Å². The number of hydrogen-bond acceptors (Lipinski definition) is 4. The first-order valence-electron chi connectivity index (χ1n) is 6.72. The zero-order chi connectivity index (χ0) is 15.9. The topological polar surface area (TPSA) is 102 Å². The first kappa shape index (κ1) is 18.2. The molecule has 7 heteroatoms. The predicted octanol–water partition coefficient (Wildman–Crippen LogP) is 0.479. The Balaban J connectivity index is 5.00. The molecular formula is C13H25N3O4. The molecule has 0 aliphatic heterocycles. The zero-order valence-corrected chi connectivity index (χ0v) is 12.8. The van der Waals surface area contributed by atoms with Crippen molar-refractivity contribution in [1.82, 2.24) is 10.2 Å². The van der Waals surface area contributed by atoms with E-state index < -0.39 is 18.0 Å². The molecule has 0 aromatic rings. The van der Waals surface area contributed by atoms with Gasteiger partial charge < -0.3 is 20.7 Å². The van der Waals surface area contributed by atoms with Crippen molar-refractivity contribution in [2.75, 3.05) is 13.2 Å². The number of primary amides is 1. The Bertz CT molecular complexity index is 356. The average Bonchev–Trinajstić information content (AvgIpc) is 2.31. The summed E-state index contributed by atoms with van der Waals surface area (Å²) >= 11 is 0. The van der Waals surface area contributed by atoms with Gasteiger partial charge in [-0.2, -0.15) is 0 Å². The highest BCUT2D eigenvalue weighted by Gasteiger charge is 2.30. The quantitative estimate of drug-likeness (QED) is 0.665. The third-order valence-electron chi connectivity index (χ3n) is 2.74. The smallest absolute Gasteiger partial charge is 0.325 e. The summed E-state index contributed by atoms with van der Waals surface area (Å²) in [5, 5.41) is 2.42. The highest BCUT2D eigenvalue weighted by molar-refractivity contribution is 5.89. The van der Waals surface area contributed by atoms with Crippen molar-refractivity contribution in [2.45, 2.75) is 46.7 Å². The Labute approximate surface area is 119 Å². The number of hydrogen-bond donors (Lipinski definition) is 2. The highest BCUT2D eigenvalue weighted by Crippen LogP contribution is 2.09. The van der Waals surface area contributed by atoms with Crippen molar-refractivity contribution < 1.29 is 19.1 Å². The molecule has 0 aliphatic carbocycles. The van der Waals surface area contributed by atoms with Crippen LogP contribution in [0.3, 0.4) is 0 Å². The van der Waals surface area contributed by atoms with Gasteiger partial charge in [-0.15, -0.1) is 0 Å². The van der Waals surface area contributed by atoms with Gasteiger partial charge >= 0.3 is 12.0 Å². The van der Waals surface area contributed by atoms with Crippen molar-refractivity contribution in [3.8, 4) is 0 Å². The Hall–Kier alpha value is -1.79. The second-order valence-electron chi connectivity index (χ2n) is 5.10. The highest BCUT2D eigenvalue weighted by atomic mass is 16.5. The fourth-order valence-electron chi connectivity index (χ4n) is 1.71. The van der Waals surface area contributed by atoms with Crippen LogP contribution in [0, 0.1) is 5.92 Å². The third-order valence-corrected chi connectivity index (χ3v) is 2.74. The first-order valence-corrected chi connectivity index (χ1v) is 6.72.